The molecule has 2 rings (SSSR count). The normalized spacial score (nSPS) is 11.6. The van der Waals surface area contributed by atoms with Crippen LogP contribution in [0.25, 0.3) is 11.3 Å². The number of aromatic nitrogens is 1. The van der Waals surface area contributed by atoms with E-state index in [4.69, 9.17) is 5.73 Å². The Labute approximate surface area is 109 Å². The summed E-state index contributed by atoms with van der Waals surface area (Å²) in [4.78, 5) is 4.00. The second kappa shape index (κ2) is 4.57. The third kappa shape index (κ3) is 2.86. The molecule has 0 atom stereocenters. The van der Waals surface area contributed by atoms with Crippen LogP contribution in [0.3, 0.4) is 0 Å². The lowest BCUT2D eigenvalue weighted by molar-refractivity contribution is -0.137. The number of alkyl halides is 3. The van der Waals surface area contributed by atoms with E-state index >= 15 is 0 Å². The fourth-order valence-electron chi connectivity index (χ4n) is 1.87. The van der Waals surface area contributed by atoms with Crippen LogP contribution < -0.4 is 5.73 Å². The fraction of sp³-hybridized carbons (Fsp3) is 0.214. The third-order valence-electron chi connectivity index (χ3n) is 2.84. The van der Waals surface area contributed by atoms with E-state index in [2.05, 4.69) is 4.98 Å². The molecule has 0 spiro atoms. The second-order valence-corrected chi connectivity index (χ2v) is 4.48. The molecule has 0 bridgehead atoms. The molecular weight excluding hydrogens is 253 g/mol. The Hall–Kier alpha value is -2.04. The summed E-state index contributed by atoms with van der Waals surface area (Å²) in [6.07, 6.45) is -4.43. The zero-order valence-corrected chi connectivity index (χ0v) is 10.5. The monoisotopic (exact) mass is 266 g/mol. The van der Waals surface area contributed by atoms with Crippen molar-refractivity contribution in [1.82, 2.24) is 4.98 Å². The Morgan fingerprint density at radius 1 is 1.05 bits per heavy atom. The van der Waals surface area contributed by atoms with Crippen LogP contribution in [0.4, 0.5) is 19.0 Å². The van der Waals surface area contributed by atoms with Gasteiger partial charge in [-0.3, -0.25) is 0 Å². The van der Waals surface area contributed by atoms with Crippen molar-refractivity contribution < 1.29 is 13.2 Å². The molecular formula is C14H13F3N2. The first-order valence-electron chi connectivity index (χ1n) is 5.70. The molecule has 0 saturated carbocycles. The van der Waals surface area contributed by atoms with Crippen LogP contribution in [-0.4, -0.2) is 4.98 Å². The van der Waals surface area contributed by atoms with Crippen LogP contribution >= 0.6 is 0 Å². The minimum absolute atomic E-state index is 0.134. The molecule has 0 radical (unpaired) electrons. The summed E-state index contributed by atoms with van der Waals surface area (Å²) in [5, 5.41) is 0. The van der Waals surface area contributed by atoms with Crippen molar-refractivity contribution in [2.24, 2.45) is 0 Å². The number of nitrogens with zero attached hydrogens (tertiary/aromatic N) is 1. The lowest BCUT2D eigenvalue weighted by atomic mass is 10.0. The third-order valence-corrected chi connectivity index (χ3v) is 2.84. The number of pyridine rings is 1. The number of nitrogens with two attached hydrogens (primary N) is 1. The van der Waals surface area contributed by atoms with Gasteiger partial charge in [0.25, 0.3) is 0 Å². The zero-order valence-electron chi connectivity index (χ0n) is 10.5. The minimum atomic E-state index is -4.43. The first kappa shape index (κ1) is 13.4. The predicted octanol–water partition coefficient (Wildman–Crippen LogP) is 3.97. The molecule has 0 aliphatic carbocycles. The van der Waals surface area contributed by atoms with Crippen LogP contribution in [0.1, 0.15) is 16.7 Å². The zero-order chi connectivity index (χ0) is 14.2. The number of rotatable bonds is 1. The van der Waals surface area contributed by atoms with E-state index in [1.165, 1.54) is 0 Å². The molecule has 2 N–H and O–H groups in total. The predicted molar refractivity (Wildman–Crippen MR) is 68.6 cm³/mol. The van der Waals surface area contributed by atoms with E-state index in [1.54, 1.807) is 6.07 Å². The average Bonchev–Trinajstić information content (AvgIpc) is 2.30. The van der Waals surface area contributed by atoms with Crippen molar-refractivity contribution in [1.29, 1.82) is 0 Å². The molecule has 2 nitrogen and oxygen atoms in total. The second-order valence-electron chi connectivity index (χ2n) is 4.48. The molecule has 0 aliphatic heterocycles. The molecule has 100 valence electrons. The van der Waals surface area contributed by atoms with Gasteiger partial charge in [0.1, 0.15) is 5.82 Å². The Bertz CT molecular complexity index is 619. The van der Waals surface area contributed by atoms with Gasteiger partial charge in [0.2, 0.25) is 0 Å². The summed E-state index contributed by atoms with van der Waals surface area (Å²) in [7, 11) is 0. The SMILES string of the molecule is Cc1ccc(C)c(-c2cc(C(F)(F)F)cc(N)n2)c1. The highest BCUT2D eigenvalue weighted by atomic mass is 19.4. The van der Waals surface area contributed by atoms with E-state index in [9.17, 15) is 13.2 Å². The van der Waals surface area contributed by atoms with Gasteiger partial charge in [-0.15, -0.1) is 0 Å². The number of anilines is 1. The van der Waals surface area contributed by atoms with Gasteiger partial charge in [-0.2, -0.15) is 13.2 Å². The molecule has 2 aromatic rings. The van der Waals surface area contributed by atoms with Gasteiger partial charge in [-0.05, 0) is 37.6 Å². The quantitative estimate of drug-likeness (QED) is 0.848. The molecule has 0 saturated heterocycles. The van der Waals surface area contributed by atoms with E-state index in [1.807, 2.05) is 26.0 Å². The highest BCUT2D eigenvalue weighted by molar-refractivity contribution is 5.66. The van der Waals surface area contributed by atoms with Crippen LogP contribution in [0.2, 0.25) is 0 Å². The van der Waals surface area contributed by atoms with Crippen LogP contribution in [0, 0.1) is 13.8 Å². The van der Waals surface area contributed by atoms with Gasteiger partial charge in [-0.25, -0.2) is 4.98 Å². The van der Waals surface area contributed by atoms with Crippen molar-refractivity contribution >= 4 is 5.82 Å². The lowest BCUT2D eigenvalue weighted by Gasteiger charge is -2.11. The highest BCUT2D eigenvalue weighted by Crippen LogP contribution is 2.33. The summed E-state index contributed by atoms with van der Waals surface area (Å²) >= 11 is 0. The van der Waals surface area contributed by atoms with Crippen molar-refractivity contribution in [3.8, 4) is 11.3 Å². The molecule has 0 unspecified atom stereocenters. The van der Waals surface area contributed by atoms with Gasteiger partial charge >= 0.3 is 6.18 Å². The first-order chi connectivity index (χ1) is 8.77. The maximum Gasteiger partial charge on any atom is 0.416 e. The van der Waals surface area contributed by atoms with E-state index < -0.39 is 11.7 Å². The van der Waals surface area contributed by atoms with Gasteiger partial charge in [-0.1, -0.05) is 17.7 Å². The topological polar surface area (TPSA) is 38.9 Å². The molecule has 0 aliphatic rings. The summed E-state index contributed by atoms with van der Waals surface area (Å²) < 4.78 is 38.3. The lowest BCUT2D eigenvalue weighted by Crippen LogP contribution is -2.07. The van der Waals surface area contributed by atoms with E-state index in [0.29, 0.717) is 5.56 Å². The number of hydrogen-bond acceptors (Lipinski definition) is 2. The highest BCUT2D eigenvalue weighted by Gasteiger charge is 2.31. The number of aryl methyl sites for hydroxylation is 2. The standard InChI is InChI=1S/C14H13F3N2/c1-8-3-4-9(2)11(5-8)12-6-10(14(15,16)17)7-13(18)19-12/h3-7H,1-2H3,(H2,18,19). The Balaban J connectivity index is 2.63. The molecule has 19 heavy (non-hydrogen) atoms. The number of halogens is 3. The minimum Gasteiger partial charge on any atom is -0.384 e. The Morgan fingerprint density at radius 2 is 1.74 bits per heavy atom. The van der Waals surface area contributed by atoms with Crippen LogP contribution in [-0.2, 0) is 6.18 Å². The number of hydrogen-bond donors (Lipinski definition) is 1. The van der Waals surface area contributed by atoms with Crippen LogP contribution in [0.5, 0.6) is 0 Å². The summed E-state index contributed by atoms with van der Waals surface area (Å²) in [6.45, 7) is 3.70. The average molecular weight is 266 g/mol. The number of benzene rings is 1. The Morgan fingerprint density at radius 3 is 2.37 bits per heavy atom. The maximum absolute atomic E-state index is 12.8. The van der Waals surface area contributed by atoms with Gasteiger partial charge < -0.3 is 5.73 Å². The molecule has 5 heteroatoms. The largest absolute Gasteiger partial charge is 0.416 e. The van der Waals surface area contributed by atoms with Crippen molar-refractivity contribution in [3.05, 3.63) is 47.0 Å². The van der Waals surface area contributed by atoms with Crippen molar-refractivity contribution in [3.63, 3.8) is 0 Å². The fourth-order valence-corrected chi connectivity index (χ4v) is 1.87. The molecule has 1 aromatic heterocycles. The molecule has 1 heterocycles. The molecule has 1 aromatic carbocycles. The van der Waals surface area contributed by atoms with Crippen molar-refractivity contribution in [2.75, 3.05) is 5.73 Å². The molecule has 0 fully saturated rings. The van der Waals surface area contributed by atoms with E-state index in [0.717, 1.165) is 23.3 Å². The van der Waals surface area contributed by atoms with Gasteiger partial charge in [0.05, 0.1) is 11.3 Å². The summed E-state index contributed by atoms with van der Waals surface area (Å²) in [5.41, 5.74) is 7.41. The maximum atomic E-state index is 12.8. The number of nitrogen functional groups attached to an aromatic ring is 1. The molecule has 0 amide bonds. The Kier molecular flexibility index (Phi) is 3.22. The summed E-state index contributed by atoms with van der Waals surface area (Å²) in [5.74, 6) is -0.134. The first-order valence-corrected chi connectivity index (χ1v) is 5.70. The van der Waals surface area contributed by atoms with Crippen LogP contribution in [0.15, 0.2) is 30.3 Å². The van der Waals surface area contributed by atoms with Gasteiger partial charge in [0, 0.05) is 5.56 Å². The smallest absolute Gasteiger partial charge is 0.384 e. The van der Waals surface area contributed by atoms with Gasteiger partial charge in [0.15, 0.2) is 0 Å². The van der Waals surface area contributed by atoms with E-state index in [-0.39, 0.29) is 11.5 Å². The van der Waals surface area contributed by atoms with Crippen molar-refractivity contribution in [2.45, 2.75) is 20.0 Å². The summed E-state index contributed by atoms with van der Waals surface area (Å²) in [6, 6.07) is 7.42.